The van der Waals surface area contributed by atoms with Gasteiger partial charge in [0.05, 0.1) is 10.6 Å². The van der Waals surface area contributed by atoms with Gasteiger partial charge in [0, 0.05) is 33.7 Å². The molecule has 172 valence electrons. The summed E-state index contributed by atoms with van der Waals surface area (Å²) in [6, 6.07) is 12.1. The molecule has 0 bridgehead atoms. The van der Waals surface area contributed by atoms with E-state index in [2.05, 4.69) is 21.2 Å². The average molecular weight is 523 g/mol. The maximum absolute atomic E-state index is 13.2. The summed E-state index contributed by atoms with van der Waals surface area (Å²) >= 11 is 3.31. The number of nitro groups is 1. The minimum atomic E-state index is -0.818. The molecule has 3 aromatic rings. The molecule has 2 heterocycles. The quantitative estimate of drug-likeness (QED) is 0.230. The van der Waals surface area contributed by atoms with E-state index >= 15 is 0 Å². The Kier molecular flexibility index (Phi) is 5.92. The van der Waals surface area contributed by atoms with Gasteiger partial charge in [-0.25, -0.2) is 9.69 Å². The van der Waals surface area contributed by atoms with Gasteiger partial charge in [-0.1, -0.05) is 15.9 Å². The minimum Gasteiger partial charge on any atom is -0.318 e. The van der Waals surface area contributed by atoms with Gasteiger partial charge in [0.1, 0.15) is 5.57 Å². The molecule has 1 saturated heterocycles. The molecule has 1 fully saturated rings. The first-order valence-corrected chi connectivity index (χ1v) is 11.0. The third-order valence-corrected chi connectivity index (χ3v) is 6.12. The Balaban J connectivity index is 1.76. The summed E-state index contributed by atoms with van der Waals surface area (Å²) < 4.78 is 2.68. The van der Waals surface area contributed by atoms with Crippen molar-refractivity contribution in [2.75, 3.05) is 4.90 Å². The van der Waals surface area contributed by atoms with Crippen LogP contribution in [0.4, 0.5) is 16.2 Å². The molecule has 0 aliphatic carbocycles. The van der Waals surface area contributed by atoms with E-state index in [0.29, 0.717) is 16.8 Å². The number of amides is 4. The number of anilines is 1. The number of carbonyl (C=O) groups is 3. The number of urea groups is 1. The zero-order chi connectivity index (χ0) is 24.7. The summed E-state index contributed by atoms with van der Waals surface area (Å²) in [5, 5.41) is 13.3. The number of hydrogen-bond acceptors (Lipinski definition) is 5. The van der Waals surface area contributed by atoms with E-state index in [-0.39, 0.29) is 11.3 Å². The van der Waals surface area contributed by atoms with Crippen LogP contribution >= 0.6 is 15.9 Å². The first kappa shape index (κ1) is 23.1. The van der Waals surface area contributed by atoms with Gasteiger partial charge >= 0.3 is 6.03 Å². The molecule has 0 radical (unpaired) electrons. The van der Waals surface area contributed by atoms with Gasteiger partial charge in [0.15, 0.2) is 0 Å². The molecule has 9 nitrogen and oxygen atoms in total. The van der Waals surface area contributed by atoms with E-state index in [1.165, 1.54) is 18.2 Å². The maximum atomic E-state index is 13.2. The number of barbiturate groups is 1. The van der Waals surface area contributed by atoms with Crippen LogP contribution in [0.3, 0.4) is 0 Å². The number of carbonyl (C=O) groups excluding carboxylic acids is 3. The van der Waals surface area contributed by atoms with E-state index < -0.39 is 22.8 Å². The lowest BCUT2D eigenvalue weighted by molar-refractivity contribution is -0.384. The van der Waals surface area contributed by atoms with Crippen molar-refractivity contribution in [1.29, 1.82) is 0 Å². The number of nitro benzene ring substituents is 1. The third kappa shape index (κ3) is 4.03. The lowest BCUT2D eigenvalue weighted by Crippen LogP contribution is -2.54. The first-order chi connectivity index (χ1) is 16.1. The molecule has 34 heavy (non-hydrogen) atoms. The van der Waals surface area contributed by atoms with Crippen molar-refractivity contribution in [1.82, 2.24) is 9.88 Å². The second kappa shape index (κ2) is 8.71. The Morgan fingerprint density at radius 2 is 1.68 bits per heavy atom. The van der Waals surface area contributed by atoms with Crippen LogP contribution in [0.15, 0.2) is 58.6 Å². The van der Waals surface area contributed by atoms with Gasteiger partial charge in [0.2, 0.25) is 0 Å². The van der Waals surface area contributed by atoms with Crippen LogP contribution in [0.25, 0.3) is 11.8 Å². The number of rotatable bonds is 4. The summed E-state index contributed by atoms with van der Waals surface area (Å²) in [5.74, 6) is -1.51. The number of aryl methyl sites for hydroxylation is 2. The lowest BCUT2D eigenvalue weighted by Gasteiger charge is -2.26. The van der Waals surface area contributed by atoms with Crippen LogP contribution in [0.5, 0.6) is 0 Å². The number of nitrogens with one attached hydrogen (secondary N) is 1. The molecule has 2 aromatic carbocycles. The molecule has 0 unspecified atom stereocenters. The van der Waals surface area contributed by atoms with Gasteiger partial charge in [-0.15, -0.1) is 0 Å². The molecular formula is C24H19BrN4O5. The van der Waals surface area contributed by atoms with Crippen LogP contribution in [-0.4, -0.2) is 27.3 Å². The summed E-state index contributed by atoms with van der Waals surface area (Å²) in [4.78, 5) is 49.7. The molecule has 4 amide bonds. The molecule has 1 aromatic heterocycles. The van der Waals surface area contributed by atoms with Crippen LogP contribution in [0, 0.1) is 30.9 Å². The van der Waals surface area contributed by atoms with Crippen molar-refractivity contribution in [3.05, 3.63) is 91.2 Å². The van der Waals surface area contributed by atoms with Crippen LogP contribution in [-0.2, 0) is 9.59 Å². The van der Waals surface area contributed by atoms with Crippen molar-refractivity contribution in [2.24, 2.45) is 0 Å². The SMILES string of the molecule is Cc1cc([N+](=O)[O-])ccc1-n1c(C)cc(/C=C2\C(=O)NC(=O)N(c3ccc(Br)cc3)C2=O)c1C. The summed E-state index contributed by atoms with van der Waals surface area (Å²) in [7, 11) is 0. The second-order valence-corrected chi connectivity index (χ2v) is 8.74. The number of benzene rings is 2. The van der Waals surface area contributed by atoms with Crippen LogP contribution in [0.1, 0.15) is 22.5 Å². The van der Waals surface area contributed by atoms with Gasteiger partial charge in [-0.2, -0.15) is 0 Å². The molecule has 0 saturated carbocycles. The standard InChI is InChI=1S/C24H19BrN4O5/c1-13-10-19(29(33)34)8-9-21(13)27-14(2)11-16(15(27)3)12-20-22(30)26-24(32)28(23(20)31)18-6-4-17(25)5-7-18/h4-12H,1-3H3,(H,26,30,32)/b20-12+. The Labute approximate surface area is 203 Å². The summed E-state index contributed by atoms with van der Waals surface area (Å²) in [5.41, 5.74) is 3.75. The van der Waals surface area contributed by atoms with E-state index in [0.717, 1.165) is 26.4 Å². The minimum absolute atomic E-state index is 0.00627. The largest absolute Gasteiger partial charge is 0.335 e. The fourth-order valence-electron chi connectivity index (χ4n) is 3.95. The molecule has 1 N–H and O–H groups in total. The monoisotopic (exact) mass is 522 g/mol. The summed E-state index contributed by atoms with van der Waals surface area (Å²) in [6.45, 7) is 5.46. The smallest absolute Gasteiger partial charge is 0.318 e. The normalized spacial score (nSPS) is 15.1. The van der Waals surface area contributed by atoms with Crippen molar-refractivity contribution in [3.63, 3.8) is 0 Å². The molecule has 4 rings (SSSR count). The predicted molar refractivity (Wildman–Crippen MR) is 130 cm³/mol. The zero-order valence-electron chi connectivity index (χ0n) is 18.5. The summed E-state index contributed by atoms with van der Waals surface area (Å²) in [6.07, 6.45) is 1.45. The number of hydrogen-bond donors (Lipinski definition) is 1. The highest BCUT2D eigenvalue weighted by molar-refractivity contribution is 9.10. The fourth-order valence-corrected chi connectivity index (χ4v) is 4.21. The van der Waals surface area contributed by atoms with E-state index in [1.54, 1.807) is 37.3 Å². The van der Waals surface area contributed by atoms with Crippen molar-refractivity contribution >= 4 is 51.2 Å². The Morgan fingerprint density at radius 1 is 1.00 bits per heavy atom. The number of halogens is 1. The molecule has 1 aliphatic rings. The van der Waals surface area contributed by atoms with Crippen LogP contribution < -0.4 is 10.2 Å². The van der Waals surface area contributed by atoms with Gasteiger partial charge < -0.3 is 4.57 Å². The number of imide groups is 2. The number of nitrogens with zero attached hydrogens (tertiary/aromatic N) is 3. The molecular weight excluding hydrogens is 504 g/mol. The van der Waals surface area contributed by atoms with Gasteiger partial charge in [0.25, 0.3) is 17.5 Å². The fraction of sp³-hybridized carbons (Fsp3) is 0.125. The highest BCUT2D eigenvalue weighted by Crippen LogP contribution is 2.29. The molecule has 10 heteroatoms. The Bertz CT molecular complexity index is 1410. The van der Waals surface area contributed by atoms with Gasteiger partial charge in [-0.3, -0.25) is 25.0 Å². The molecule has 1 aliphatic heterocycles. The average Bonchev–Trinajstić information content (AvgIpc) is 3.05. The van der Waals surface area contributed by atoms with Crippen molar-refractivity contribution < 1.29 is 19.3 Å². The van der Waals surface area contributed by atoms with Gasteiger partial charge in [-0.05, 0) is 74.4 Å². The Hall–Kier alpha value is -4.05. The topological polar surface area (TPSA) is 115 Å². The molecule has 0 spiro atoms. The third-order valence-electron chi connectivity index (χ3n) is 5.59. The zero-order valence-corrected chi connectivity index (χ0v) is 20.0. The first-order valence-electron chi connectivity index (χ1n) is 10.2. The van der Waals surface area contributed by atoms with Crippen LogP contribution in [0.2, 0.25) is 0 Å². The lowest BCUT2D eigenvalue weighted by atomic mass is 10.1. The highest BCUT2D eigenvalue weighted by Gasteiger charge is 2.37. The maximum Gasteiger partial charge on any atom is 0.335 e. The molecule has 0 atom stereocenters. The Morgan fingerprint density at radius 3 is 2.29 bits per heavy atom. The van der Waals surface area contributed by atoms with Crippen molar-refractivity contribution in [3.8, 4) is 5.69 Å². The van der Waals surface area contributed by atoms with E-state index in [1.807, 2.05) is 24.5 Å². The van der Waals surface area contributed by atoms with E-state index in [4.69, 9.17) is 0 Å². The van der Waals surface area contributed by atoms with E-state index in [9.17, 15) is 24.5 Å². The highest BCUT2D eigenvalue weighted by atomic mass is 79.9. The number of non-ortho nitro benzene ring substituents is 1. The second-order valence-electron chi connectivity index (χ2n) is 7.82. The van der Waals surface area contributed by atoms with Crippen molar-refractivity contribution in [2.45, 2.75) is 20.8 Å². The predicted octanol–water partition coefficient (Wildman–Crippen LogP) is 4.74. The number of aromatic nitrogens is 1.